The third kappa shape index (κ3) is 5.26. The van der Waals surface area contributed by atoms with Gasteiger partial charge in [-0.05, 0) is 31.0 Å². The SMILES string of the molecule is CCNC(=NCc1cc(F)ccc1F)NCc1nc(C(C)C)cs1. The van der Waals surface area contributed by atoms with Crippen molar-refractivity contribution in [2.24, 2.45) is 4.99 Å². The Kier molecular flexibility index (Phi) is 6.66. The Bertz CT molecular complexity index is 698. The number of nitrogens with zero attached hydrogens (tertiary/aromatic N) is 2. The first-order chi connectivity index (χ1) is 11.5. The number of halogens is 2. The van der Waals surface area contributed by atoms with Crippen LogP contribution in [0.25, 0.3) is 0 Å². The first kappa shape index (κ1) is 18.3. The lowest BCUT2D eigenvalue weighted by molar-refractivity contribution is 0.585. The highest BCUT2D eigenvalue weighted by Gasteiger charge is 2.07. The van der Waals surface area contributed by atoms with Crippen LogP contribution in [-0.4, -0.2) is 17.5 Å². The van der Waals surface area contributed by atoms with Gasteiger partial charge >= 0.3 is 0 Å². The Hall–Kier alpha value is -2.02. The molecule has 0 saturated carbocycles. The summed E-state index contributed by atoms with van der Waals surface area (Å²) >= 11 is 1.59. The van der Waals surface area contributed by atoms with Crippen molar-refractivity contribution in [2.45, 2.75) is 39.8 Å². The van der Waals surface area contributed by atoms with Crippen LogP contribution in [0.15, 0.2) is 28.6 Å². The van der Waals surface area contributed by atoms with Gasteiger partial charge in [-0.25, -0.2) is 18.8 Å². The van der Waals surface area contributed by atoms with Gasteiger partial charge in [0.05, 0.1) is 18.8 Å². The molecule has 24 heavy (non-hydrogen) atoms. The van der Waals surface area contributed by atoms with Gasteiger partial charge in [0.2, 0.25) is 0 Å². The van der Waals surface area contributed by atoms with Crippen molar-refractivity contribution in [1.29, 1.82) is 0 Å². The summed E-state index contributed by atoms with van der Waals surface area (Å²) in [5, 5.41) is 9.26. The number of benzene rings is 1. The van der Waals surface area contributed by atoms with Gasteiger partial charge in [-0.15, -0.1) is 11.3 Å². The maximum Gasteiger partial charge on any atom is 0.191 e. The normalized spacial score (nSPS) is 11.8. The van der Waals surface area contributed by atoms with E-state index in [0.717, 1.165) is 28.9 Å². The molecule has 4 nitrogen and oxygen atoms in total. The highest BCUT2D eigenvalue weighted by Crippen LogP contribution is 2.17. The first-order valence-corrected chi connectivity index (χ1v) is 8.78. The van der Waals surface area contributed by atoms with Crippen molar-refractivity contribution in [3.8, 4) is 0 Å². The molecule has 0 fully saturated rings. The van der Waals surface area contributed by atoms with E-state index in [0.29, 0.717) is 25.0 Å². The van der Waals surface area contributed by atoms with Crippen molar-refractivity contribution < 1.29 is 8.78 Å². The topological polar surface area (TPSA) is 49.3 Å². The van der Waals surface area contributed by atoms with Crippen LogP contribution in [0.5, 0.6) is 0 Å². The molecule has 2 rings (SSSR count). The lowest BCUT2D eigenvalue weighted by atomic mass is 10.2. The van der Waals surface area contributed by atoms with E-state index in [9.17, 15) is 8.78 Å². The van der Waals surface area contributed by atoms with Crippen LogP contribution in [0.2, 0.25) is 0 Å². The van der Waals surface area contributed by atoms with Gasteiger partial charge in [-0.2, -0.15) is 0 Å². The molecule has 0 radical (unpaired) electrons. The molecule has 2 N–H and O–H groups in total. The van der Waals surface area contributed by atoms with Gasteiger partial charge in [-0.1, -0.05) is 13.8 Å². The van der Waals surface area contributed by atoms with Crippen molar-refractivity contribution in [2.75, 3.05) is 6.54 Å². The second kappa shape index (κ2) is 8.73. The smallest absolute Gasteiger partial charge is 0.191 e. The number of hydrogen-bond donors (Lipinski definition) is 2. The van der Waals surface area contributed by atoms with Crippen LogP contribution in [0, 0.1) is 11.6 Å². The number of guanidine groups is 1. The molecule has 0 amide bonds. The summed E-state index contributed by atoms with van der Waals surface area (Å²) in [7, 11) is 0. The summed E-state index contributed by atoms with van der Waals surface area (Å²) in [4.78, 5) is 8.86. The minimum absolute atomic E-state index is 0.0635. The molecule has 0 bridgehead atoms. The number of hydrogen-bond acceptors (Lipinski definition) is 3. The lowest BCUT2D eigenvalue weighted by Gasteiger charge is -2.10. The average molecular weight is 352 g/mol. The average Bonchev–Trinajstić information content (AvgIpc) is 3.02. The third-order valence-electron chi connectivity index (χ3n) is 3.33. The zero-order chi connectivity index (χ0) is 17.5. The third-order valence-corrected chi connectivity index (χ3v) is 4.19. The summed E-state index contributed by atoms with van der Waals surface area (Å²) in [5.74, 6) is 0.0105. The minimum atomic E-state index is -0.469. The Morgan fingerprint density at radius 3 is 2.75 bits per heavy atom. The Morgan fingerprint density at radius 2 is 2.08 bits per heavy atom. The number of aromatic nitrogens is 1. The van der Waals surface area contributed by atoms with Gasteiger partial charge in [0, 0.05) is 17.5 Å². The van der Waals surface area contributed by atoms with Gasteiger partial charge in [-0.3, -0.25) is 0 Å². The Morgan fingerprint density at radius 1 is 1.29 bits per heavy atom. The van der Waals surface area contributed by atoms with Gasteiger partial charge < -0.3 is 10.6 Å². The Labute approximate surface area is 145 Å². The van der Waals surface area contributed by atoms with E-state index in [4.69, 9.17) is 0 Å². The molecule has 7 heteroatoms. The number of aliphatic imine (C=N–C) groups is 1. The van der Waals surface area contributed by atoms with Gasteiger partial charge in [0.15, 0.2) is 5.96 Å². The highest BCUT2D eigenvalue weighted by molar-refractivity contribution is 7.09. The van der Waals surface area contributed by atoms with Gasteiger partial charge in [0.1, 0.15) is 16.6 Å². The van der Waals surface area contributed by atoms with E-state index in [1.54, 1.807) is 11.3 Å². The molecule has 0 saturated heterocycles. The van der Waals surface area contributed by atoms with Crippen LogP contribution in [-0.2, 0) is 13.1 Å². The molecule has 0 atom stereocenters. The monoisotopic (exact) mass is 352 g/mol. The molecule has 0 aliphatic rings. The second-order valence-electron chi connectivity index (χ2n) is 5.61. The molecular formula is C17H22F2N4S. The summed E-state index contributed by atoms with van der Waals surface area (Å²) in [6.45, 7) is 7.42. The van der Waals surface area contributed by atoms with E-state index in [1.807, 2.05) is 12.3 Å². The second-order valence-corrected chi connectivity index (χ2v) is 6.55. The van der Waals surface area contributed by atoms with E-state index in [1.165, 1.54) is 0 Å². The van der Waals surface area contributed by atoms with E-state index in [-0.39, 0.29) is 12.1 Å². The molecule has 0 aliphatic carbocycles. The maximum absolute atomic E-state index is 13.6. The Balaban J connectivity index is 2.01. The zero-order valence-electron chi connectivity index (χ0n) is 14.1. The quantitative estimate of drug-likeness (QED) is 0.614. The largest absolute Gasteiger partial charge is 0.357 e. The molecule has 130 valence electrons. The summed E-state index contributed by atoms with van der Waals surface area (Å²) in [6.07, 6.45) is 0. The molecule has 1 aromatic heterocycles. The number of rotatable bonds is 6. The van der Waals surface area contributed by atoms with Crippen molar-refractivity contribution in [1.82, 2.24) is 15.6 Å². The zero-order valence-corrected chi connectivity index (χ0v) is 14.9. The molecule has 1 aromatic carbocycles. The molecule has 0 unspecified atom stereocenters. The molecule has 2 aromatic rings. The molecule has 0 spiro atoms. The van der Waals surface area contributed by atoms with Crippen molar-refractivity contribution in [3.63, 3.8) is 0 Å². The van der Waals surface area contributed by atoms with E-state index >= 15 is 0 Å². The standard InChI is InChI=1S/C17H22F2N4S/c1-4-20-17(21-8-12-7-13(18)5-6-14(12)19)22-9-16-23-15(10-24-16)11(2)3/h5-7,10-11H,4,8-9H2,1-3H3,(H2,20,21,22). The highest BCUT2D eigenvalue weighted by atomic mass is 32.1. The first-order valence-electron chi connectivity index (χ1n) is 7.90. The number of thiazole rings is 1. The summed E-state index contributed by atoms with van der Waals surface area (Å²) in [5.41, 5.74) is 1.30. The maximum atomic E-state index is 13.6. The molecular weight excluding hydrogens is 330 g/mol. The predicted molar refractivity (Wildman–Crippen MR) is 94.2 cm³/mol. The van der Waals surface area contributed by atoms with Crippen LogP contribution in [0.3, 0.4) is 0 Å². The predicted octanol–water partition coefficient (Wildman–Crippen LogP) is 3.80. The molecule has 0 aliphatic heterocycles. The fourth-order valence-electron chi connectivity index (χ4n) is 2.00. The summed E-state index contributed by atoms with van der Waals surface area (Å²) < 4.78 is 26.9. The lowest BCUT2D eigenvalue weighted by Crippen LogP contribution is -2.36. The van der Waals surface area contributed by atoms with E-state index < -0.39 is 11.6 Å². The van der Waals surface area contributed by atoms with Crippen molar-refractivity contribution >= 4 is 17.3 Å². The van der Waals surface area contributed by atoms with Crippen LogP contribution < -0.4 is 10.6 Å². The fourth-order valence-corrected chi connectivity index (χ4v) is 2.90. The molecule has 1 heterocycles. The minimum Gasteiger partial charge on any atom is -0.357 e. The van der Waals surface area contributed by atoms with Gasteiger partial charge in [0.25, 0.3) is 0 Å². The number of nitrogens with one attached hydrogen (secondary N) is 2. The van der Waals surface area contributed by atoms with Crippen molar-refractivity contribution in [3.05, 3.63) is 51.5 Å². The summed E-state index contributed by atoms with van der Waals surface area (Å²) in [6, 6.07) is 3.38. The van der Waals surface area contributed by atoms with Crippen LogP contribution in [0.1, 0.15) is 43.0 Å². The fraction of sp³-hybridized carbons (Fsp3) is 0.412. The van der Waals surface area contributed by atoms with E-state index in [2.05, 4.69) is 34.5 Å². The van der Waals surface area contributed by atoms with Crippen LogP contribution >= 0.6 is 11.3 Å². The van der Waals surface area contributed by atoms with Crippen LogP contribution in [0.4, 0.5) is 8.78 Å².